The molecule has 1 atom stereocenters. The number of rotatable bonds is 5. The summed E-state index contributed by atoms with van der Waals surface area (Å²) in [7, 11) is 0. The average molecular weight is 208 g/mol. The SMILES string of the molecule is CC[C@@](C)(OCc1ccccc1)C(=O)O. The zero-order chi connectivity index (χ0) is 11.3. The van der Waals surface area contributed by atoms with Gasteiger partial charge in [-0.1, -0.05) is 37.3 Å². The van der Waals surface area contributed by atoms with Crippen molar-refractivity contribution in [1.82, 2.24) is 0 Å². The minimum Gasteiger partial charge on any atom is -0.479 e. The molecule has 0 fully saturated rings. The maximum atomic E-state index is 10.9. The summed E-state index contributed by atoms with van der Waals surface area (Å²) in [5, 5.41) is 8.99. The van der Waals surface area contributed by atoms with E-state index in [1.165, 1.54) is 0 Å². The van der Waals surface area contributed by atoms with Crippen molar-refractivity contribution >= 4 is 5.97 Å². The van der Waals surface area contributed by atoms with Crippen LogP contribution in [0.1, 0.15) is 25.8 Å². The molecular formula is C12H16O3. The van der Waals surface area contributed by atoms with E-state index in [9.17, 15) is 4.79 Å². The smallest absolute Gasteiger partial charge is 0.335 e. The molecule has 0 amide bonds. The number of hydrogen-bond acceptors (Lipinski definition) is 2. The molecule has 15 heavy (non-hydrogen) atoms. The molecule has 0 radical (unpaired) electrons. The topological polar surface area (TPSA) is 46.5 Å². The fourth-order valence-electron chi connectivity index (χ4n) is 1.13. The van der Waals surface area contributed by atoms with E-state index < -0.39 is 11.6 Å². The summed E-state index contributed by atoms with van der Waals surface area (Å²) in [4.78, 5) is 10.9. The van der Waals surface area contributed by atoms with Crippen molar-refractivity contribution in [3.05, 3.63) is 35.9 Å². The third kappa shape index (κ3) is 3.06. The lowest BCUT2D eigenvalue weighted by Gasteiger charge is -2.23. The number of ether oxygens (including phenoxy) is 1. The lowest BCUT2D eigenvalue weighted by molar-refractivity contribution is -0.165. The van der Waals surface area contributed by atoms with E-state index in [2.05, 4.69) is 0 Å². The van der Waals surface area contributed by atoms with Crippen LogP contribution in [0.2, 0.25) is 0 Å². The molecule has 82 valence electrons. The van der Waals surface area contributed by atoms with Crippen molar-refractivity contribution in [2.75, 3.05) is 0 Å². The minimum atomic E-state index is -1.09. The average Bonchev–Trinajstić information content (AvgIpc) is 2.27. The molecule has 1 aromatic rings. The van der Waals surface area contributed by atoms with Crippen LogP contribution in [0.5, 0.6) is 0 Å². The van der Waals surface area contributed by atoms with E-state index in [1.807, 2.05) is 30.3 Å². The summed E-state index contributed by atoms with van der Waals surface area (Å²) >= 11 is 0. The van der Waals surface area contributed by atoms with E-state index in [0.29, 0.717) is 13.0 Å². The summed E-state index contributed by atoms with van der Waals surface area (Å²) in [5.74, 6) is -0.916. The summed E-state index contributed by atoms with van der Waals surface area (Å²) in [6.07, 6.45) is 0.454. The number of hydrogen-bond donors (Lipinski definition) is 1. The van der Waals surface area contributed by atoms with Crippen LogP contribution in [0, 0.1) is 0 Å². The van der Waals surface area contributed by atoms with Gasteiger partial charge in [0, 0.05) is 0 Å². The quantitative estimate of drug-likeness (QED) is 0.808. The highest BCUT2D eigenvalue weighted by Gasteiger charge is 2.31. The van der Waals surface area contributed by atoms with Crippen LogP contribution in [0.15, 0.2) is 30.3 Å². The predicted octanol–water partition coefficient (Wildman–Crippen LogP) is 2.46. The molecule has 1 N–H and O–H groups in total. The predicted molar refractivity (Wildman–Crippen MR) is 57.6 cm³/mol. The van der Waals surface area contributed by atoms with Crippen molar-refractivity contribution in [1.29, 1.82) is 0 Å². The van der Waals surface area contributed by atoms with Gasteiger partial charge in [-0.25, -0.2) is 4.79 Å². The monoisotopic (exact) mass is 208 g/mol. The Morgan fingerprint density at radius 1 is 1.40 bits per heavy atom. The van der Waals surface area contributed by atoms with E-state index >= 15 is 0 Å². The number of benzene rings is 1. The van der Waals surface area contributed by atoms with Gasteiger partial charge in [0.05, 0.1) is 6.61 Å². The van der Waals surface area contributed by atoms with Gasteiger partial charge in [0.25, 0.3) is 0 Å². The van der Waals surface area contributed by atoms with Gasteiger partial charge in [-0.05, 0) is 18.9 Å². The standard InChI is InChI=1S/C12H16O3/c1-3-12(2,11(13)14)15-9-10-7-5-4-6-8-10/h4-8H,3,9H2,1-2H3,(H,13,14)/t12-/m1/s1. The first-order valence-electron chi connectivity index (χ1n) is 5.00. The second-order valence-electron chi connectivity index (χ2n) is 3.66. The van der Waals surface area contributed by atoms with Gasteiger partial charge >= 0.3 is 5.97 Å². The molecule has 0 aliphatic rings. The molecule has 3 heteroatoms. The Balaban J connectivity index is 2.59. The molecular weight excluding hydrogens is 192 g/mol. The molecule has 0 saturated carbocycles. The fraction of sp³-hybridized carbons (Fsp3) is 0.417. The first-order valence-corrected chi connectivity index (χ1v) is 5.00. The largest absolute Gasteiger partial charge is 0.479 e. The van der Waals surface area contributed by atoms with Gasteiger partial charge in [0.1, 0.15) is 0 Å². The second kappa shape index (κ2) is 4.94. The van der Waals surface area contributed by atoms with Gasteiger partial charge in [-0.3, -0.25) is 0 Å². The molecule has 0 aliphatic heterocycles. The summed E-state index contributed by atoms with van der Waals surface area (Å²) in [5.41, 5.74) is -0.103. The summed E-state index contributed by atoms with van der Waals surface area (Å²) < 4.78 is 5.43. The van der Waals surface area contributed by atoms with Crippen molar-refractivity contribution in [2.45, 2.75) is 32.5 Å². The molecule has 0 unspecified atom stereocenters. The lowest BCUT2D eigenvalue weighted by atomic mass is 10.0. The van der Waals surface area contributed by atoms with E-state index in [1.54, 1.807) is 13.8 Å². The highest BCUT2D eigenvalue weighted by atomic mass is 16.5. The van der Waals surface area contributed by atoms with Gasteiger partial charge in [0.2, 0.25) is 0 Å². The maximum absolute atomic E-state index is 10.9. The van der Waals surface area contributed by atoms with Crippen molar-refractivity contribution in [2.24, 2.45) is 0 Å². The molecule has 0 heterocycles. The molecule has 0 aromatic heterocycles. The molecule has 1 aromatic carbocycles. The molecule has 0 saturated heterocycles. The zero-order valence-corrected chi connectivity index (χ0v) is 9.06. The Hall–Kier alpha value is -1.35. The molecule has 0 spiro atoms. The Labute approximate surface area is 89.7 Å². The van der Waals surface area contributed by atoms with E-state index in [-0.39, 0.29) is 0 Å². The van der Waals surface area contributed by atoms with Crippen LogP contribution in [-0.2, 0) is 16.1 Å². The third-order valence-electron chi connectivity index (χ3n) is 2.53. The van der Waals surface area contributed by atoms with Crippen LogP contribution < -0.4 is 0 Å². The Morgan fingerprint density at radius 3 is 2.47 bits per heavy atom. The van der Waals surface area contributed by atoms with Gasteiger partial charge < -0.3 is 9.84 Å². The number of carboxylic acids is 1. The van der Waals surface area contributed by atoms with Crippen molar-refractivity contribution in [3.63, 3.8) is 0 Å². The van der Waals surface area contributed by atoms with Crippen LogP contribution in [-0.4, -0.2) is 16.7 Å². The number of carboxylic acid groups (broad SMARTS) is 1. The lowest BCUT2D eigenvalue weighted by Crippen LogP contribution is -2.37. The highest BCUT2D eigenvalue weighted by molar-refractivity contribution is 5.76. The van der Waals surface area contributed by atoms with Crippen LogP contribution >= 0.6 is 0 Å². The van der Waals surface area contributed by atoms with Gasteiger partial charge in [0.15, 0.2) is 5.60 Å². The van der Waals surface area contributed by atoms with Crippen molar-refractivity contribution in [3.8, 4) is 0 Å². The highest BCUT2D eigenvalue weighted by Crippen LogP contribution is 2.17. The molecule has 1 rings (SSSR count). The number of aliphatic carboxylic acids is 1. The van der Waals surface area contributed by atoms with E-state index in [4.69, 9.17) is 9.84 Å². The zero-order valence-electron chi connectivity index (χ0n) is 9.06. The van der Waals surface area contributed by atoms with Gasteiger partial charge in [-0.2, -0.15) is 0 Å². The Bertz CT molecular complexity index is 321. The number of carbonyl (C=O) groups is 1. The first kappa shape index (κ1) is 11.7. The van der Waals surface area contributed by atoms with Crippen LogP contribution in [0.3, 0.4) is 0 Å². The van der Waals surface area contributed by atoms with E-state index in [0.717, 1.165) is 5.56 Å². The molecule has 0 bridgehead atoms. The van der Waals surface area contributed by atoms with Crippen LogP contribution in [0.25, 0.3) is 0 Å². The molecule has 0 aliphatic carbocycles. The summed E-state index contributed by atoms with van der Waals surface area (Å²) in [6, 6.07) is 9.56. The normalized spacial score (nSPS) is 14.5. The Kier molecular flexibility index (Phi) is 3.86. The Morgan fingerprint density at radius 2 is 2.00 bits per heavy atom. The van der Waals surface area contributed by atoms with Crippen molar-refractivity contribution < 1.29 is 14.6 Å². The first-order chi connectivity index (χ1) is 7.08. The third-order valence-corrected chi connectivity index (χ3v) is 2.53. The fourth-order valence-corrected chi connectivity index (χ4v) is 1.13. The van der Waals surface area contributed by atoms with Gasteiger partial charge in [-0.15, -0.1) is 0 Å². The molecule has 3 nitrogen and oxygen atoms in total. The second-order valence-corrected chi connectivity index (χ2v) is 3.66. The summed E-state index contributed by atoms with van der Waals surface area (Å²) in [6.45, 7) is 3.73. The maximum Gasteiger partial charge on any atom is 0.335 e. The minimum absolute atomic E-state index is 0.331. The van der Waals surface area contributed by atoms with Crippen LogP contribution in [0.4, 0.5) is 0 Å².